The Labute approximate surface area is 234 Å². The van der Waals surface area contributed by atoms with E-state index in [4.69, 9.17) is 0 Å². The van der Waals surface area contributed by atoms with Crippen LogP contribution in [0.25, 0.3) is 23.3 Å². The minimum Gasteiger partial charge on any atom is -0.380 e. The summed E-state index contributed by atoms with van der Waals surface area (Å²) in [6.07, 6.45) is 9.26. The fraction of sp³-hybridized carbons (Fsp3) is 0.424. The van der Waals surface area contributed by atoms with Crippen LogP contribution >= 0.6 is 0 Å². The molecule has 6 heteroatoms. The van der Waals surface area contributed by atoms with E-state index in [1.54, 1.807) is 7.05 Å². The van der Waals surface area contributed by atoms with Gasteiger partial charge in [0.2, 0.25) is 5.91 Å². The quantitative estimate of drug-likeness (QED) is 0.338. The fourth-order valence-corrected chi connectivity index (χ4v) is 4.93. The summed E-state index contributed by atoms with van der Waals surface area (Å²) in [5.41, 5.74) is 6.36. The second kappa shape index (κ2) is 13.4. The molecule has 0 saturated carbocycles. The Morgan fingerprint density at radius 2 is 1.69 bits per heavy atom. The van der Waals surface area contributed by atoms with Crippen LogP contribution in [0.2, 0.25) is 0 Å². The van der Waals surface area contributed by atoms with Crippen LogP contribution in [0.4, 0.5) is 5.69 Å². The zero-order chi connectivity index (χ0) is 28.6. The van der Waals surface area contributed by atoms with Gasteiger partial charge in [-0.3, -0.25) is 14.6 Å². The number of aldehydes is 1. The highest BCUT2D eigenvalue weighted by Crippen LogP contribution is 2.32. The van der Waals surface area contributed by atoms with Gasteiger partial charge < -0.3 is 15.1 Å². The maximum atomic E-state index is 13.4. The van der Waals surface area contributed by atoms with E-state index in [0.29, 0.717) is 12.0 Å². The maximum Gasteiger partial charge on any atom is 0.250 e. The van der Waals surface area contributed by atoms with E-state index in [-0.39, 0.29) is 11.3 Å². The normalized spacial score (nSPS) is 14.4. The summed E-state index contributed by atoms with van der Waals surface area (Å²) in [7, 11) is 3.80. The Balaban J connectivity index is 1.97. The topological polar surface area (TPSA) is 65.0 Å². The predicted molar refractivity (Wildman–Crippen MR) is 165 cm³/mol. The number of rotatable bonds is 10. The smallest absolute Gasteiger partial charge is 0.250 e. The third-order valence-electron chi connectivity index (χ3n) is 6.62. The van der Waals surface area contributed by atoms with Crippen LogP contribution in [0, 0.1) is 5.41 Å². The molecular formula is C33H44N4O2. The highest BCUT2D eigenvalue weighted by molar-refractivity contribution is 6.10. The van der Waals surface area contributed by atoms with E-state index in [0.717, 1.165) is 78.1 Å². The molecule has 1 aliphatic heterocycles. The van der Waals surface area contributed by atoms with Crippen molar-refractivity contribution in [2.45, 2.75) is 53.9 Å². The minimum absolute atomic E-state index is 0.0795. The molecule has 0 fully saturated rings. The second-order valence-electron chi connectivity index (χ2n) is 11.5. The van der Waals surface area contributed by atoms with Crippen molar-refractivity contribution in [3.05, 3.63) is 64.9 Å². The molecular weight excluding hydrogens is 484 g/mol. The number of amides is 1. The SMILES string of the molecule is CCCN(CCC)C(=O)C1=Cc2ccc(-c3ccc(C=O)c(/C=C\N(C)CC(C)(C)C)c3)cc2NC(=NC)C1. The van der Waals surface area contributed by atoms with E-state index in [1.807, 2.05) is 48.5 Å². The average Bonchev–Trinajstić information content (AvgIpc) is 3.09. The summed E-state index contributed by atoms with van der Waals surface area (Å²) in [4.78, 5) is 33.7. The second-order valence-corrected chi connectivity index (χ2v) is 11.5. The van der Waals surface area contributed by atoms with Gasteiger partial charge in [0.15, 0.2) is 6.29 Å². The van der Waals surface area contributed by atoms with Crippen LogP contribution in [-0.2, 0) is 4.79 Å². The van der Waals surface area contributed by atoms with Gasteiger partial charge in [-0.1, -0.05) is 58.9 Å². The largest absolute Gasteiger partial charge is 0.380 e. The highest BCUT2D eigenvalue weighted by Gasteiger charge is 2.22. The van der Waals surface area contributed by atoms with Crippen molar-refractivity contribution in [1.82, 2.24) is 9.80 Å². The molecule has 0 atom stereocenters. The van der Waals surface area contributed by atoms with E-state index in [9.17, 15) is 9.59 Å². The van der Waals surface area contributed by atoms with Crippen molar-refractivity contribution in [2.75, 3.05) is 39.0 Å². The Bertz CT molecular complexity index is 1260. The van der Waals surface area contributed by atoms with Crippen LogP contribution in [0.3, 0.4) is 0 Å². The van der Waals surface area contributed by atoms with Gasteiger partial charge in [-0.05, 0) is 71.0 Å². The Morgan fingerprint density at radius 1 is 1.03 bits per heavy atom. The van der Waals surface area contributed by atoms with Gasteiger partial charge in [0.1, 0.15) is 5.84 Å². The monoisotopic (exact) mass is 528 g/mol. The lowest BCUT2D eigenvalue weighted by Gasteiger charge is -2.25. The number of carbonyl (C=O) groups is 2. The number of amidine groups is 1. The van der Waals surface area contributed by atoms with Crippen LogP contribution in [0.1, 0.15) is 75.4 Å². The first-order valence-electron chi connectivity index (χ1n) is 13.9. The first kappa shape index (κ1) is 29.9. The molecule has 0 radical (unpaired) electrons. The lowest BCUT2D eigenvalue weighted by molar-refractivity contribution is -0.127. The molecule has 1 aliphatic rings. The van der Waals surface area contributed by atoms with E-state index in [2.05, 4.69) is 68.0 Å². The van der Waals surface area contributed by atoms with Gasteiger partial charge in [-0.2, -0.15) is 0 Å². The number of nitrogens with one attached hydrogen (secondary N) is 1. The van der Waals surface area contributed by atoms with Crippen molar-refractivity contribution in [3.8, 4) is 11.1 Å². The Morgan fingerprint density at radius 3 is 2.31 bits per heavy atom. The van der Waals surface area contributed by atoms with Crippen molar-refractivity contribution < 1.29 is 9.59 Å². The van der Waals surface area contributed by atoms with Gasteiger partial charge in [0.25, 0.3) is 0 Å². The average molecular weight is 529 g/mol. The number of aliphatic imine (C=N–C) groups is 1. The molecule has 0 aliphatic carbocycles. The summed E-state index contributed by atoms with van der Waals surface area (Å²) in [6.45, 7) is 13.2. The number of hydrogen-bond acceptors (Lipinski definition) is 4. The molecule has 1 N–H and O–H groups in total. The van der Waals surface area contributed by atoms with Crippen LogP contribution in [-0.4, -0.2) is 61.6 Å². The third kappa shape index (κ3) is 8.16. The molecule has 1 heterocycles. The molecule has 0 spiro atoms. The standard InChI is InChI=1S/C33H44N4O2/c1-8-15-37(16-9-2)32(39)29-19-27-12-10-25(20-30(27)35-31(21-29)34-6)24-11-13-28(22-38)26(18-24)14-17-36(7)23-33(3,4)5/h10-14,17-20,22H,8-9,15-16,21,23H2,1-7H3,(H,34,35)/b17-14-. The summed E-state index contributed by atoms with van der Waals surface area (Å²) in [5, 5.41) is 3.46. The van der Waals surface area contributed by atoms with Gasteiger partial charge >= 0.3 is 0 Å². The van der Waals surface area contributed by atoms with E-state index < -0.39 is 0 Å². The molecule has 0 aromatic heterocycles. The van der Waals surface area contributed by atoms with Crippen molar-refractivity contribution in [2.24, 2.45) is 10.4 Å². The summed E-state index contributed by atoms with van der Waals surface area (Å²) >= 11 is 0. The highest BCUT2D eigenvalue weighted by atomic mass is 16.2. The molecule has 39 heavy (non-hydrogen) atoms. The minimum atomic E-state index is 0.0795. The molecule has 3 rings (SSSR count). The van der Waals surface area contributed by atoms with Crippen LogP contribution < -0.4 is 5.32 Å². The van der Waals surface area contributed by atoms with Gasteiger partial charge in [0.05, 0.1) is 0 Å². The van der Waals surface area contributed by atoms with Crippen LogP contribution in [0.15, 0.2) is 53.2 Å². The van der Waals surface area contributed by atoms with E-state index >= 15 is 0 Å². The number of carbonyl (C=O) groups excluding carboxylic acids is 2. The Kier molecular flexibility index (Phi) is 10.3. The molecule has 6 nitrogen and oxygen atoms in total. The molecule has 2 aromatic rings. The molecule has 0 bridgehead atoms. The number of nitrogens with zero attached hydrogens (tertiary/aromatic N) is 3. The molecule has 2 aromatic carbocycles. The fourth-order valence-electron chi connectivity index (χ4n) is 4.93. The lowest BCUT2D eigenvalue weighted by Crippen LogP contribution is -2.34. The molecule has 208 valence electrons. The van der Waals surface area contributed by atoms with Crippen molar-refractivity contribution in [1.29, 1.82) is 0 Å². The van der Waals surface area contributed by atoms with E-state index in [1.165, 1.54) is 0 Å². The lowest BCUT2D eigenvalue weighted by atomic mass is 9.96. The van der Waals surface area contributed by atoms with Gasteiger partial charge in [-0.25, -0.2) is 0 Å². The maximum absolute atomic E-state index is 13.4. The summed E-state index contributed by atoms with van der Waals surface area (Å²) in [5.74, 6) is 0.844. The zero-order valence-corrected chi connectivity index (χ0v) is 24.7. The summed E-state index contributed by atoms with van der Waals surface area (Å²) < 4.78 is 0. The Hall–Kier alpha value is -3.67. The first-order chi connectivity index (χ1) is 18.6. The number of hydrogen-bond donors (Lipinski definition) is 1. The molecule has 0 unspecified atom stereocenters. The van der Waals surface area contributed by atoms with Crippen molar-refractivity contribution >= 4 is 35.9 Å². The first-order valence-corrected chi connectivity index (χ1v) is 13.9. The summed E-state index contributed by atoms with van der Waals surface area (Å²) in [6, 6.07) is 12.1. The third-order valence-corrected chi connectivity index (χ3v) is 6.62. The van der Waals surface area contributed by atoms with Crippen molar-refractivity contribution in [3.63, 3.8) is 0 Å². The molecule has 1 amide bonds. The number of benzene rings is 2. The van der Waals surface area contributed by atoms with Gasteiger partial charge in [-0.15, -0.1) is 0 Å². The zero-order valence-electron chi connectivity index (χ0n) is 24.7. The van der Waals surface area contributed by atoms with Gasteiger partial charge in [0, 0.05) is 57.0 Å². The molecule has 0 saturated heterocycles. The number of anilines is 1. The number of fused-ring (bicyclic) bond motifs is 1. The van der Waals surface area contributed by atoms with Crippen LogP contribution in [0.5, 0.6) is 0 Å². The predicted octanol–water partition coefficient (Wildman–Crippen LogP) is 6.99.